The monoisotopic (exact) mass is 342 g/mol. The molecule has 0 saturated heterocycles. The number of hydrogen-bond donors (Lipinski definition) is 1. The Hall–Kier alpha value is -0.843. The smallest absolute Gasteiger partial charge is 0.106 e. The van der Waals surface area contributed by atoms with Crippen molar-refractivity contribution in [1.29, 1.82) is 0 Å². The van der Waals surface area contributed by atoms with E-state index < -0.39 is 8.07 Å². The predicted molar refractivity (Wildman–Crippen MR) is 105 cm³/mol. The van der Waals surface area contributed by atoms with E-state index in [0.717, 1.165) is 5.69 Å². The molecule has 0 bridgehead atoms. The van der Waals surface area contributed by atoms with E-state index in [1.54, 1.807) is 5.20 Å². The summed E-state index contributed by atoms with van der Waals surface area (Å²) >= 11 is 1.97. The van der Waals surface area contributed by atoms with Gasteiger partial charge in [0.1, 0.15) is 5.04 Å². The molecule has 1 saturated carbocycles. The second-order valence-corrected chi connectivity index (χ2v) is 14.1. The van der Waals surface area contributed by atoms with Crippen molar-refractivity contribution in [3.63, 3.8) is 0 Å². The van der Waals surface area contributed by atoms with E-state index in [4.69, 9.17) is 4.99 Å². The summed E-state index contributed by atoms with van der Waals surface area (Å²) in [7, 11) is -1.41. The largest absolute Gasteiger partial charge is 0.299 e. The zero-order valence-electron chi connectivity index (χ0n) is 14.4. The molecule has 1 unspecified atom stereocenters. The molecule has 122 valence electrons. The number of hydrogen-bond acceptors (Lipinski definition) is 3. The SMILES string of the molecule is C[Si](C)(C)C1=C2C(=Nc3ccccc32)SC1NC1CCCCC1. The lowest BCUT2D eigenvalue weighted by molar-refractivity contribution is 0.378. The van der Waals surface area contributed by atoms with Gasteiger partial charge in [0.2, 0.25) is 0 Å². The fourth-order valence-electron chi connectivity index (χ4n) is 4.08. The molecule has 0 amide bonds. The molecule has 2 nitrogen and oxygen atoms in total. The molecule has 4 heteroatoms. The summed E-state index contributed by atoms with van der Waals surface area (Å²) in [5.41, 5.74) is 4.00. The molecule has 23 heavy (non-hydrogen) atoms. The predicted octanol–water partition coefficient (Wildman–Crippen LogP) is 5.36. The van der Waals surface area contributed by atoms with Crippen LogP contribution in [0.15, 0.2) is 34.5 Å². The number of nitrogens with one attached hydrogen (secondary N) is 1. The first-order chi connectivity index (χ1) is 11.0. The van der Waals surface area contributed by atoms with Crippen molar-refractivity contribution in [2.75, 3.05) is 0 Å². The van der Waals surface area contributed by atoms with Crippen molar-refractivity contribution >= 4 is 36.1 Å². The summed E-state index contributed by atoms with van der Waals surface area (Å²) in [4.78, 5) is 4.92. The lowest BCUT2D eigenvalue weighted by Crippen LogP contribution is -2.43. The lowest BCUT2D eigenvalue weighted by Gasteiger charge is -2.31. The highest BCUT2D eigenvalue weighted by molar-refractivity contribution is 8.16. The molecule has 1 aromatic carbocycles. The maximum atomic E-state index is 4.92. The van der Waals surface area contributed by atoms with Gasteiger partial charge in [0, 0.05) is 17.2 Å². The van der Waals surface area contributed by atoms with Crippen molar-refractivity contribution in [1.82, 2.24) is 5.32 Å². The van der Waals surface area contributed by atoms with E-state index in [1.807, 2.05) is 11.8 Å². The molecule has 0 spiro atoms. The average molecular weight is 343 g/mol. The van der Waals surface area contributed by atoms with Gasteiger partial charge >= 0.3 is 0 Å². The molecular weight excluding hydrogens is 316 g/mol. The Bertz CT molecular complexity index is 681. The number of para-hydroxylation sites is 1. The van der Waals surface area contributed by atoms with Crippen LogP contribution >= 0.6 is 11.8 Å². The molecular formula is C19H26N2SSi. The maximum absolute atomic E-state index is 4.92. The van der Waals surface area contributed by atoms with Gasteiger partial charge in [-0.3, -0.25) is 5.32 Å². The molecule has 2 heterocycles. The minimum absolute atomic E-state index is 0.451. The van der Waals surface area contributed by atoms with Gasteiger partial charge < -0.3 is 0 Å². The first-order valence-corrected chi connectivity index (χ1v) is 13.3. The third kappa shape index (κ3) is 2.85. The topological polar surface area (TPSA) is 24.4 Å². The molecule has 3 aliphatic rings. The van der Waals surface area contributed by atoms with Crippen molar-refractivity contribution in [2.45, 2.75) is 63.2 Å². The number of nitrogens with zero attached hydrogens (tertiary/aromatic N) is 1. The van der Waals surface area contributed by atoms with Crippen LogP contribution in [-0.2, 0) is 0 Å². The fraction of sp³-hybridized carbons (Fsp3) is 0.526. The molecule has 1 atom stereocenters. The van der Waals surface area contributed by atoms with E-state index >= 15 is 0 Å². The Morgan fingerprint density at radius 3 is 2.57 bits per heavy atom. The van der Waals surface area contributed by atoms with Gasteiger partial charge in [-0.15, -0.1) is 0 Å². The number of benzene rings is 1. The van der Waals surface area contributed by atoms with Crippen LogP contribution in [-0.4, -0.2) is 24.5 Å². The van der Waals surface area contributed by atoms with Crippen molar-refractivity contribution in [2.24, 2.45) is 4.99 Å². The van der Waals surface area contributed by atoms with Crippen molar-refractivity contribution in [3.8, 4) is 0 Å². The van der Waals surface area contributed by atoms with Crippen LogP contribution in [0.1, 0.15) is 37.7 Å². The van der Waals surface area contributed by atoms with Gasteiger partial charge in [0.05, 0.1) is 19.1 Å². The van der Waals surface area contributed by atoms with Gasteiger partial charge in [0.15, 0.2) is 0 Å². The molecule has 1 aliphatic carbocycles. The Morgan fingerprint density at radius 2 is 1.83 bits per heavy atom. The normalized spacial score (nSPS) is 24.7. The second-order valence-electron chi connectivity index (χ2n) is 7.97. The van der Waals surface area contributed by atoms with Crippen molar-refractivity contribution in [3.05, 3.63) is 35.0 Å². The summed E-state index contributed by atoms with van der Waals surface area (Å²) in [5, 5.41) is 7.38. The Labute approximate surface area is 144 Å². The van der Waals surface area contributed by atoms with Crippen LogP contribution in [0.4, 0.5) is 5.69 Å². The summed E-state index contributed by atoms with van der Waals surface area (Å²) in [5.74, 6) is 0. The van der Waals surface area contributed by atoms with Gasteiger partial charge in [-0.1, -0.05) is 68.9 Å². The quantitative estimate of drug-likeness (QED) is 0.748. The Morgan fingerprint density at radius 1 is 1.09 bits per heavy atom. The van der Waals surface area contributed by atoms with Crippen LogP contribution in [0.25, 0.3) is 5.57 Å². The third-order valence-corrected chi connectivity index (χ3v) is 8.66. The van der Waals surface area contributed by atoms with Gasteiger partial charge in [-0.05, 0) is 24.1 Å². The highest BCUT2D eigenvalue weighted by Crippen LogP contribution is 2.50. The van der Waals surface area contributed by atoms with Gasteiger partial charge in [-0.25, -0.2) is 4.99 Å². The lowest BCUT2D eigenvalue weighted by atomic mass is 9.95. The standard InChI is InChI=1S/C19H26N2SSi/c1-23(2,3)17-16-14-11-7-8-12-15(14)21-18(16)22-19(17)20-13-9-5-4-6-10-13/h7-8,11-13,19-20H,4-6,9-10H2,1-3H3. The molecule has 0 radical (unpaired) electrons. The van der Waals surface area contributed by atoms with Crippen LogP contribution in [0.5, 0.6) is 0 Å². The average Bonchev–Trinajstić information content (AvgIpc) is 3.02. The first-order valence-electron chi connectivity index (χ1n) is 8.90. The zero-order valence-corrected chi connectivity index (χ0v) is 16.2. The molecule has 1 aromatic rings. The number of rotatable bonds is 3. The Balaban J connectivity index is 1.71. The van der Waals surface area contributed by atoms with E-state index in [9.17, 15) is 0 Å². The van der Waals surface area contributed by atoms with Crippen molar-refractivity contribution < 1.29 is 0 Å². The molecule has 4 rings (SSSR count). The number of aliphatic imine (C=N–C) groups is 1. The Kier molecular flexibility index (Phi) is 4.02. The van der Waals surface area contributed by atoms with E-state index in [-0.39, 0.29) is 0 Å². The fourth-order valence-corrected chi connectivity index (χ4v) is 8.49. The molecule has 1 fully saturated rings. The molecule has 1 N–H and O–H groups in total. The first kappa shape index (κ1) is 15.7. The van der Waals surface area contributed by atoms with E-state index in [0.29, 0.717) is 11.4 Å². The third-order valence-electron chi connectivity index (χ3n) is 5.17. The van der Waals surface area contributed by atoms with E-state index in [2.05, 4.69) is 49.2 Å². The summed E-state index contributed by atoms with van der Waals surface area (Å²) in [6, 6.07) is 9.35. The van der Waals surface area contributed by atoms with Gasteiger partial charge in [-0.2, -0.15) is 0 Å². The summed E-state index contributed by atoms with van der Waals surface area (Å²) in [6.07, 6.45) is 6.87. The van der Waals surface area contributed by atoms with Crippen LogP contribution in [0.2, 0.25) is 19.6 Å². The summed E-state index contributed by atoms with van der Waals surface area (Å²) < 4.78 is 0. The molecule has 2 aliphatic heterocycles. The maximum Gasteiger partial charge on any atom is 0.106 e. The van der Waals surface area contributed by atoms with Gasteiger partial charge in [0.25, 0.3) is 0 Å². The molecule has 0 aromatic heterocycles. The van der Waals surface area contributed by atoms with Crippen LogP contribution in [0.3, 0.4) is 0 Å². The number of thioether (sulfide) groups is 1. The number of fused-ring (bicyclic) bond motifs is 3. The highest BCUT2D eigenvalue weighted by atomic mass is 32.2. The minimum atomic E-state index is -1.41. The zero-order chi connectivity index (χ0) is 16.0. The minimum Gasteiger partial charge on any atom is -0.299 e. The second kappa shape index (κ2) is 5.90. The van der Waals surface area contributed by atoms with Crippen LogP contribution in [0, 0.1) is 0 Å². The van der Waals surface area contributed by atoms with E-state index in [1.165, 1.54) is 48.3 Å². The highest BCUT2D eigenvalue weighted by Gasteiger charge is 2.42. The van der Waals surface area contributed by atoms with Crippen LogP contribution < -0.4 is 5.32 Å². The summed E-state index contributed by atoms with van der Waals surface area (Å²) in [6.45, 7) is 7.44.